The van der Waals surface area contributed by atoms with Crippen LogP contribution < -0.4 is 0 Å². The first kappa shape index (κ1) is 33.2. The van der Waals surface area contributed by atoms with E-state index in [9.17, 15) is 0 Å². The summed E-state index contributed by atoms with van der Waals surface area (Å²) >= 11 is 0. The second kappa shape index (κ2) is 17.6. The van der Waals surface area contributed by atoms with E-state index in [0.29, 0.717) is 0 Å². The van der Waals surface area contributed by atoms with Crippen LogP contribution in [0.1, 0.15) is 53.1 Å². The smallest absolute Gasteiger partial charge is 0.00882 e. The predicted molar refractivity (Wildman–Crippen MR) is 200 cm³/mol. The van der Waals surface area contributed by atoms with E-state index in [0.717, 1.165) is 35.7 Å². The third-order valence-corrected chi connectivity index (χ3v) is 8.86. The summed E-state index contributed by atoms with van der Waals surface area (Å²) in [5.41, 5.74) is 8.86. The van der Waals surface area contributed by atoms with Crippen molar-refractivity contribution in [2.75, 3.05) is 0 Å². The van der Waals surface area contributed by atoms with Crippen molar-refractivity contribution >= 4 is 23.8 Å². The Morgan fingerprint density at radius 2 is 1.33 bits per heavy atom. The standard InChI is InChI=1S/C10H12.C9H8.2C9H10.C8H8/c1-2-9-7-4-5-8(6-7)10(9)3-1;1-2-5-9-7-3-6-8(9)4-1;1-8(2)9-6-4-3-5-7-9;1-3-9-7-5-4-6-8(9)2;1-2-8-6-4-3-5-7-8/h1-2,4-5,7-10H,3,6H2;1-6H,7H2;2*3-7H,1H2,2H3;2-7H,1H2. The lowest BCUT2D eigenvalue weighted by atomic mass is 9.86. The van der Waals surface area contributed by atoms with Gasteiger partial charge in [-0.05, 0) is 90.2 Å². The first-order valence-electron chi connectivity index (χ1n) is 16.2. The molecule has 0 aliphatic heterocycles. The average Bonchev–Trinajstić information content (AvgIpc) is 3.91. The van der Waals surface area contributed by atoms with Crippen LogP contribution in [0.3, 0.4) is 0 Å². The lowest BCUT2D eigenvalue weighted by Gasteiger charge is -2.18. The summed E-state index contributed by atoms with van der Waals surface area (Å²) in [4.78, 5) is 0. The molecule has 1 fully saturated rings. The lowest BCUT2D eigenvalue weighted by Crippen LogP contribution is -2.12. The first-order chi connectivity index (χ1) is 22.0. The maximum atomic E-state index is 3.83. The molecule has 0 aromatic heterocycles. The van der Waals surface area contributed by atoms with Crippen molar-refractivity contribution in [2.24, 2.45) is 23.7 Å². The highest BCUT2D eigenvalue weighted by Crippen LogP contribution is 2.52. The molecule has 0 amide bonds. The fourth-order valence-corrected chi connectivity index (χ4v) is 6.30. The Kier molecular flexibility index (Phi) is 13.0. The summed E-state index contributed by atoms with van der Waals surface area (Å²) in [6, 6.07) is 36.9. The van der Waals surface area contributed by atoms with Crippen LogP contribution >= 0.6 is 0 Å². The molecule has 4 atom stereocenters. The molecule has 4 unspecified atom stereocenters. The van der Waals surface area contributed by atoms with Crippen molar-refractivity contribution in [2.45, 2.75) is 33.1 Å². The van der Waals surface area contributed by atoms with Gasteiger partial charge in [-0.1, -0.05) is 183 Å². The molecule has 0 spiro atoms. The van der Waals surface area contributed by atoms with Crippen LogP contribution in [0.25, 0.3) is 23.8 Å². The summed E-state index contributed by atoms with van der Waals surface area (Å²) < 4.78 is 0. The van der Waals surface area contributed by atoms with E-state index in [2.05, 4.69) is 112 Å². The highest BCUT2D eigenvalue weighted by Gasteiger charge is 2.44. The minimum Gasteiger partial charge on any atom is -0.0985 e. The van der Waals surface area contributed by atoms with Gasteiger partial charge in [-0.25, -0.2) is 0 Å². The molecule has 228 valence electrons. The monoisotopic (exact) mass is 588 g/mol. The van der Waals surface area contributed by atoms with Crippen molar-refractivity contribution in [1.82, 2.24) is 0 Å². The van der Waals surface area contributed by atoms with E-state index in [1.807, 2.05) is 79.7 Å². The SMILES string of the molecule is C1=CC2C3C=CC(C3)C2C1.C1=Cc2ccccc2C1.C=C(C)c1ccccc1.C=Cc1ccccc1.C=Cc1ccccc1C. The summed E-state index contributed by atoms with van der Waals surface area (Å²) in [5, 5.41) is 0. The molecular formula is C45H48. The fourth-order valence-electron chi connectivity index (χ4n) is 6.30. The normalized spacial score (nSPS) is 20.0. The van der Waals surface area contributed by atoms with E-state index in [-0.39, 0.29) is 0 Å². The molecular weight excluding hydrogens is 540 g/mol. The van der Waals surface area contributed by atoms with Crippen molar-refractivity contribution in [3.05, 3.63) is 193 Å². The Labute approximate surface area is 272 Å². The minimum absolute atomic E-state index is 0.925. The maximum absolute atomic E-state index is 3.83. The molecule has 0 nitrogen and oxygen atoms in total. The Bertz CT molecular complexity index is 1590. The summed E-state index contributed by atoms with van der Waals surface area (Å²) in [7, 11) is 0. The molecule has 4 aliphatic rings. The van der Waals surface area contributed by atoms with Gasteiger partial charge in [0.15, 0.2) is 0 Å². The van der Waals surface area contributed by atoms with Crippen LogP contribution in [-0.4, -0.2) is 0 Å². The predicted octanol–water partition coefficient (Wildman–Crippen LogP) is 12.3. The Hall–Kier alpha value is -4.68. The number of hydrogen-bond donors (Lipinski definition) is 0. The van der Waals surface area contributed by atoms with E-state index in [4.69, 9.17) is 0 Å². The van der Waals surface area contributed by atoms with Crippen molar-refractivity contribution in [1.29, 1.82) is 0 Å². The molecule has 1 saturated carbocycles. The number of hydrogen-bond acceptors (Lipinski definition) is 0. The van der Waals surface area contributed by atoms with E-state index >= 15 is 0 Å². The Morgan fingerprint density at radius 3 is 1.91 bits per heavy atom. The van der Waals surface area contributed by atoms with Gasteiger partial charge < -0.3 is 0 Å². The van der Waals surface area contributed by atoms with E-state index in [1.165, 1.54) is 46.2 Å². The quantitative estimate of drug-likeness (QED) is 0.209. The topological polar surface area (TPSA) is 0 Å². The Balaban J connectivity index is 0.000000128. The van der Waals surface area contributed by atoms with E-state index in [1.54, 1.807) is 0 Å². The molecule has 8 rings (SSSR count). The van der Waals surface area contributed by atoms with E-state index < -0.39 is 0 Å². The second-order valence-electron chi connectivity index (χ2n) is 12.0. The van der Waals surface area contributed by atoms with Crippen LogP contribution in [0.4, 0.5) is 0 Å². The molecule has 0 heteroatoms. The van der Waals surface area contributed by atoms with Gasteiger partial charge in [-0.3, -0.25) is 0 Å². The van der Waals surface area contributed by atoms with Crippen molar-refractivity contribution in [3.8, 4) is 0 Å². The third kappa shape index (κ3) is 9.91. The molecule has 0 N–H and O–H groups in total. The van der Waals surface area contributed by atoms with Gasteiger partial charge in [-0.2, -0.15) is 0 Å². The van der Waals surface area contributed by atoms with Crippen LogP contribution in [-0.2, 0) is 6.42 Å². The van der Waals surface area contributed by atoms with Gasteiger partial charge in [0.2, 0.25) is 0 Å². The number of benzene rings is 4. The highest BCUT2D eigenvalue weighted by atomic mass is 14.5. The summed E-state index contributed by atoms with van der Waals surface area (Å²) in [6.07, 6.45) is 21.7. The van der Waals surface area contributed by atoms with Crippen LogP contribution in [0.2, 0.25) is 0 Å². The lowest BCUT2D eigenvalue weighted by molar-refractivity contribution is 0.398. The zero-order valence-electron chi connectivity index (χ0n) is 27.1. The van der Waals surface area contributed by atoms with Crippen LogP contribution in [0.5, 0.6) is 0 Å². The fraction of sp³-hybridized carbons (Fsp3) is 0.200. The molecule has 4 aliphatic carbocycles. The molecule has 4 aromatic rings. The Morgan fingerprint density at radius 1 is 0.689 bits per heavy atom. The average molecular weight is 589 g/mol. The second-order valence-corrected chi connectivity index (χ2v) is 12.0. The zero-order valence-corrected chi connectivity index (χ0v) is 27.1. The van der Waals surface area contributed by atoms with Crippen molar-refractivity contribution in [3.63, 3.8) is 0 Å². The molecule has 0 saturated heterocycles. The van der Waals surface area contributed by atoms with Gasteiger partial charge in [0.25, 0.3) is 0 Å². The van der Waals surface area contributed by atoms with Gasteiger partial charge >= 0.3 is 0 Å². The molecule has 0 heterocycles. The van der Waals surface area contributed by atoms with Gasteiger partial charge in [0.1, 0.15) is 0 Å². The highest BCUT2D eigenvalue weighted by molar-refractivity contribution is 5.61. The number of rotatable bonds is 3. The number of aryl methyl sites for hydroxylation is 1. The largest absolute Gasteiger partial charge is 0.0985 e. The zero-order chi connectivity index (χ0) is 31.9. The minimum atomic E-state index is 0.925. The third-order valence-electron chi connectivity index (χ3n) is 8.86. The van der Waals surface area contributed by atoms with Crippen molar-refractivity contribution < 1.29 is 0 Å². The number of fused-ring (bicyclic) bond motifs is 6. The van der Waals surface area contributed by atoms with Crippen LogP contribution in [0.15, 0.2) is 159 Å². The summed E-state index contributed by atoms with van der Waals surface area (Å²) in [5.74, 6) is 3.82. The molecule has 0 radical (unpaired) electrons. The molecule has 45 heavy (non-hydrogen) atoms. The van der Waals surface area contributed by atoms with Gasteiger partial charge in [-0.15, -0.1) is 0 Å². The first-order valence-corrected chi connectivity index (χ1v) is 16.2. The molecule has 4 aromatic carbocycles. The summed E-state index contributed by atoms with van der Waals surface area (Å²) in [6.45, 7) is 15.2. The molecule has 2 bridgehead atoms. The van der Waals surface area contributed by atoms with Gasteiger partial charge in [0.05, 0.1) is 0 Å². The number of allylic oxidation sites excluding steroid dienone is 6. The van der Waals surface area contributed by atoms with Gasteiger partial charge in [0, 0.05) is 0 Å². The maximum Gasteiger partial charge on any atom is -0.00882 e. The van der Waals surface area contributed by atoms with Crippen LogP contribution in [0, 0.1) is 30.6 Å².